The second-order valence-electron chi connectivity index (χ2n) is 5.53. The number of benzene rings is 1. The minimum Gasteiger partial charge on any atom is -0.497 e. The number of aromatic nitrogens is 4. The molecule has 1 unspecified atom stereocenters. The zero-order chi connectivity index (χ0) is 17.1. The molecule has 2 amide bonds. The normalized spacial score (nSPS) is 15.4. The van der Waals surface area contributed by atoms with Crippen molar-refractivity contribution in [3.63, 3.8) is 0 Å². The highest BCUT2D eigenvalue weighted by Crippen LogP contribution is 2.23. The number of hydrogen-bond acceptors (Lipinski definition) is 6. The lowest BCUT2D eigenvalue weighted by atomic mass is 10.2. The van der Waals surface area contributed by atoms with E-state index in [1.54, 1.807) is 30.0 Å². The third kappa shape index (κ3) is 3.19. The Morgan fingerprint density at radius 1 is 1.38 bits per heavy atom. The van der Waals surface area contributed by atoms with Crippen molar-refractivity contribution in [2.24, 2.45) is 0 Å². The van der Waals surface area contributed by atoms with Crippen molar-refractivity contribution < 1.29 is 14.3 Å². The maximum absolute atomic E-state index is 12.4. The van der Waals surface area contributed by atoms with Crippen molar-refractivity contribution in [1.29, 1.82) is 0 Å². The van der Waals surface area contributed by atoms with Gasteiger partial charge in [-0.05, 0) is 29.8 Å². The third-order valence-corrected chi connectivity index (χ3v) is 3.97. The second kappa shape index (κ2) is 6.65. The van der Waals surface area contributed by atoms with Gasteiger partial charge in [-0.3, -0.25) is 9.59 Å². The average molecular weight is 330 g/mol. The van der Waals surface area contributed by atoms with Crippen molar-refractivity contribution >= 4 is 17.5 Å². The van der Waals surface area contributed by atoms with E-state index >= 15 is 0 Å². The van der Waals surface area contributed by atoms with E-state index < -0.39 is 6.04 Å². The summed E-state index contributed by atoms with van der Waals surface area (Å²) >= 11 is 0. The van der Waals surface area contributed by atoms with Crippen LogP contribution >= 0.6 is 0 Å². The summed E-state index contributed by atoms with van der Waals surface area (Å²) in [4.78, 5) is 25.8. The summed E-state index contributed by atoms with van der Waals surface area (Å²) in [5, 5.41) is 13.8. The van der Waals surface area contributed by atoms with Gasteiger partial charge in [-0.1, -0.05) is 0 Å². The van der Waals surface area contributed by atoms with E-state index in [2.05, 4.69) is 20.8 Å². The molecule has 1 saturated heterocycles. The van der Waals surface area contributed by atoms with Crippen LogP contribution in [0.15, 0.2) is 24.5 Å². The maximum Gasteiger partial charge on any atom is 0.246 e. The first-order valence-corrected chi connectivity index (χ1v) is 7.61. The molecule has 126 valence electrons. The zero-order valence-electron chi connectivity index (χ0n) is 13.5. The Morgan fingerprint density at radius 2 is 2.21 bits per heavy atom. The highest BCUT2D eigenvalue weighted by molar-refractivity contribution is 5.97. The van der Waals surface area contributed by atoms with Crippen molar-refractivity contribution in [2.45, 2.75) is 25.8 Å². The minimum absolute atomic E-state index is 0.0117. The van der Waals surface area contributed by atoms with Gasteiger partial charge in [0.05, 0.1) is 12.8 Å². The molecule has 24 heavy (non-hydrogen) atoms. The molecular formula is C15H18N6O3. The monoisotopic (exact) mass is 330 g/mol. The van der Waals surface area contributed by atoms with E-state index in [4.69, 9.17) is 4.74 Å². The highest BCUT2D eigenvalue weighted by atomic mass is 16.5. The van der Waals surface area contributed by atoms with Gasteiger partial charge in [0.1, 0.15) is 18.1 Å². The Morgan fingerprint density at radius 3 is 2.83 bits per heavy atom. The molecule has 1 aromatic heterocycles. The molecule has 0 aliphatic carbocycles. The van der Waals surface area contributed by atoms with E-state index in [-0.39, 0.29) is 11.8 Å². The summed E-state index contributed by atoms with van der Waals surface area (Å²) in [7, 11) is 1.54. The number of methoxy groups -OCH3 is 1. The number of ether oxygens (including phenoxy) is 1. The minimum atomic E-state index is -0.525. The van der Waals surface area contributed by atoms with Gasteiger partial charge >= 0.3 is 0 Å². The Kier molecular flexibility index (Phi) is 4.41. The average Bonchev–Trinajstić information content (AvgIpc) is 3.25. The number of carbonyl (C=O) groups excluding carboxylic acids is 2. The topological polar surface area (TPSA) is 102 Å². The molecular weight excluding hydrogens is 312 g/mol. The molecule has 2 aromatic rings. The third-order valence-electron chi connectivity index (χ3n) is 3.97. The fraction of sp³-hybridized carbons (Fsp3) is 0.400. The molecule has 9 nitrogen and oxygen atoms in total. The van der Waals surface area contributed by atoms with Gasteiger partial charge in [-0.2, -0.15) is 0 Å². The van der Waals surface area contributed by atoms with Crippen molar-refractivity contribution in [3.8, 4) is 11.4 Å². The number of likely N-dealkylation sites (tertiary alicyclic amines) is 1. The maximum atomic E-state index is 12.4. The van der Waals surface area contributed by atoms with E-state index in [0.717, 1.165) is 6.42 Å². The lowest BCUT2D eigenvalue weighted by molar-refractivity contribution is -0.134. The Hall–Kier alpha value is -2.97. The quantitative estimate of drug-likeness (QED) is 0.862. The van der Waals surface area contributed by atoms with Crippen molar-refractivity contribution in [2.75, 3.05) is 19.0 Å². The molecule has 3 rings (SSSR count). The largest absolute Gasteiger partial charge is 0.497 e. The van der Waals surface area contributed by atoms with Gasteiger partial charge in [0.25, 0.3) is 0 Å². The van der Waals surface area contributed by atoms with Gasteiger partial charge in [-0.25, -0.2) is 4.68 Å². The number of tetrazole rings is 1. The van der Waals surface area contributed by atoms with Crippen LogP contribution in [-0.2, 0) is 9.59 Å². The molecule has 1 aliphatic rings. The van der Waals surface area contributed by atoms with Crippen molar-refractivity contribution in [3.05, 3.63) is 24.5 Å². The van der Waals surface area contributed by atoms with E-state index in [1.165, 1.54) is 18.1 Å². The van der Waals surface area contributed by atoms with Gasteiger partial charge in [0.2, 0.25) is 11.8 Å². The lowest BCUT2D eigenvalue weighted by Crippen LogP contribution is -2.42. The number of anilines is 1. The number of amides is 2. The van der Waals surface area contributed by atoms with Gasteiger partial charge in [-0.15, -0.1) is 5.10 Å². The first kappa shape index (κ1) is 15.9. The van der Waals surface area contributed by atoms with E-state index in [0.29, 0.717) is 30.1 Å². The molecule has 9 heteroatoms. The Labute approximate surface area is 138 Å². The van der Waals surface area contributed by atoms with Crippen molar-refractivity contribution in [1.82, 2.24) is 25.1 Å². The molecule has 1 N–H and O–H groups in total. The van der Waals surface area contributed by atoms with Crippen LogP contribution in [0.4, 0.5) is 5.69 Å². The number of nitrogens with one attached hydrogen (secondary N) is 1. The highest BCUT2D eigenvalue weighted by Gasteiger charge is 2.29. The molecule has 1 atom stereocenters. The molecule has 1 fully saturated rings. The molecule has 0 spiro atoms. The first-order valence-electron chi connectivity index (χ1n) is 7.61. The fourth-order valence-electron chi connectivity index (χ4n) is 2.65. The lowest BCUT2D eigenvalue weighted by Gasteiger charge is -2.23. The number of rotatable bonds is 5. The van der Waals surface area contributed by atoms with Crippen LogP contribution in [0, 0.1) is 0 Å². The fourth-order valence-corrected chi connectivity index (χ4v) is 2.65. The summed E-state index contributed by atoms with van der Waals surface area (Å²) in [6.45, 7) is 2.34. The predicted octanol–water partition coefficient (Wildman–Crippen LogP) is 0.620. The smallest absolute Gasteiger partial charge is 0.246 e. The predicted molar refractivity (Wildman–Crippen MR) is 84.7 cm³/mol. The summed E-state index contributed by atoms with van der Waals surface area (Å²) < 4.78 is 6.72. The van der Waals surface area contributed by atoms with Gasteiger partial charge < -0.3 is 15.0 Å². The van der Waals surface area contributed by atoms with E-state index in [9.17, 15) is 9.59 Å². The molecule has 0 bridgehead atoms. The first-order chi connectivity index (χ1) is 11.6. The summed E-state index contributed by atoms with van der Waals surface area (Å²) in [6.07, 6.45) is 2.74. The van der Waals surface area contributed by atoms with Crippen LogP contribution in [0.25, 0.3) is 5.69 Å². The van der Waals surface area contributed by atoms with Gasteiger partial charge in [0.15, 0.2) is 0 Å². The number of nitrogens with zero attached hydrogens (tertiary/aromatic N) is 5. The van der Waals surface area contributed by atoms with Gasteiger partial charge in [0, 0.05) is 30.8 Å². The molecule has 1 aliphatic heterocycles. The zero-order valence-corrected chi connectivity index (χ0v) is 13.5. The second-order valence-corrected chi connectivity index (χ2v) is 5.53. The standard InChI is InChI=1S/C15H18N6O3/c1-10(20-5-3-4-14(20)22)15(23)17-11-6-12(8-13(7-11)24-2)21-9-16-18-19-21/h6-10H,3-5H2,1-2H3,(H,17,23). The van der Waals surface area contributed by atoms with Crippen LogP contribution in [0.3, 0.4) is 0 Å². The summed E-state index contributed by atoms with van der Waals surface area (Å²) in [5.74, 6) is 0.321. The van der Waals surface area contributed by atoms with Crippen LogP contribution < -0.4 is 10.1 Å². The summed E-state index contributed by atoms with van der Waals surface area (Å²) in [6, 6.07) is 4.65. The summed E-state index contributed by atoms with van der Waals surface area (Å²) in [5.41, 5.74) is 1.20. The molecule has 0 saturated carbocycles. The number of carbonyl (C=O) groups is 2. The molecule has 0 radical (unpaired) electrons. The molecule has 2 heterocycles. The van der Waals surface area contributed by atoms with Crippen LogP contribution in [-0.4, -0.2) is 56.6 Å². The van der Waals surface area contributed by atoms with Crippen LogP contribution in [0.1, 0.15) is 19.8 Å². The van der Waals surface area contributed by atoms with Crippen LogP contribution in [0.2, 0.25) is 0 Å². The van der Waals surface area contributed by atoms with Crippen LogP contribution in [0.5, 0.6) is 5.75 Å². The molecule has 1 aromatic carbocycles. The number of hydrogen-bond donors (Lipinski definition) is 1. The Balaban J connectivity index is 1.80. The Bertz CT molecular complexity index is 746. The SMILES string of the molecule is COc1cc(NC(=O)C(C)N2CCCC2=O)cc(-n2cnnn2)c1. The van der Waals surface area contributed by atoms with E-state index in [1.807, 2.05) is 0 Å².